The molecule has 2 aromatic carbocycles. The molecule has 4 aromatic rings. The highest BCUT2D eigenvalue weighted by molar-refractivity contribution is 7.12. The number of aryl methyl sites for hydroxylation is 1. The Hall–Kier alpha value is -2.92. The zero-order valence-electron chi connectivity index (χ0n) is 12.9. The van der Waals surface area contributed by atoms with Crippen molar-refractivity contribution in [1.29, 1.82) is 0 Å². The minimum atomic E-state index is -0.122. The highest BCUT2D eigenvalue weighted by atomic mass is 32.1. The number of benzene rings is 2. The molecule has 0 aliphatic rings. The predicted molar refractivity (Wildman–Crippen MR) is 96.5 cm³/mol. The summed E-state index contributed by atoms with van der Waals surface area (Å²) in [5.41, 5.74) is 4.13. The van der Waals surface area contributed by atoms with Crippen LogP contribution in [0.3, 0.4) is 0 Å². The number of amides is 1. The van der Waals surface area contributed by atoms with Crippen LogP contribution in [0.4, 0.5) is 5.69 Å². The molecule has 0 saturated heterocycles. The number of fused-ring (bicyclic) bond motifs is 1. The van der Waals surface area contributed by atoms with Crippen molar-refractivity contribution in [1.82, 2.24) is 4.98 Å². The van der Waals surface area contributed by atoms with Crippen molar-refractivity contribution < 1.29 is 9.21 Å². The van der Waals surface area contributed by atoms with E-state index in [1.54, 1.807) is 6.92 Å². The van der Waals surface area contributed by atoms with Crippen molar-refractivity contribution >= 4 is 34.0 Å². The number of thiophene rings is 1. The largest absolute Gasteiger partial charge is 0.441 e. The van der Waals surface area contributed by atoms with Crippen molar-refractivity contribution in [2.75, 3.05) is 5.32 Å². The van der Waals surface area contributed by atoms with Gasteiger partial charge in [0.25, 0.3) is 5.91 Å². The minimum Gasteiger partial charge on any atom is -0.441 e. The predicted octanol–water partition coefficient (Wildman–Crippen LogP) is 5.12. The normalized spacial score (nSPS) is 10.9. The number of anilines is 1. The molecule has 5 heteroatoms. The summed E-state index contributed by atoms with van der Waals surface area (Å²) in [6.07, 6.45) is 0. The number of oxazole rings is 1. The molecule has 0 spiro atoms. The Morgan fingerprint density at radius 2 is 1.96 bits per heavy atom. The van der Waals surface area contributed by atoms with Gasteiger partial charge in [-0.1, -0.05) is 30.3 Å². The number of nitrogens with zero attached hydrogens (tertiary/aromatic N) is 1. The Morgan fingerprint density at radius 3 is 2.79 bits per heavy atom. The number of hydrogen-bond donors (Lipinski definition) is 1. The highest BCUT2D eigenvalue weighted by Gasteiger charge is 2.15. The summed E-state index contributed by atoms with van der Waals surface area (Å²) < 4.78 is 5.46. The Labute approximate surface area is 142 Å². The first-order valence-corrected chi connectivity index (χ1v) is 8.40. The maximum Gasteiger partial charge on any atom is 0.266 e. The summed E-state index contributed by atoms with van der Waals surface area (Å²) >= 11 is 1.43. The van der Waals surface area contributed by atoms with Crippen molar-refractivity contribution in [2.24, 2.45) is 0 Å². The highest BCUT2D eigenvalue weighted by Crippen LogP contribution is 2.29. The Balaban J connectivity index is 1.63. The molecule has 0 atom stereocenters. The van der Waals surface area contributed by atoms with Crippen LogP contribution in [0, 0.1) is 6.92 Å². The number of hydrogen-bond acceptors (Lipinski definition) is 4. The van der Waals surface area contributed by atoms with Crippen LogP contribution >= 0.6 is 11.3 Å². The molecule has 0 fully saturated rings. The van der Waals surface area contributed by atoms with E-state index >= 15 is 0 Å². The van der Waals surface area contributed by atoms with E-state index in [-0.39, 0.29) is 5.91 Å². The minimum absolute atomic E-state index is 0.122. The lowest BCUT2D eigenvalue weighted by Gasteiger charge is -2.06. The third-order valence-electron chi connectivity index (χ3n) is 3.71. The maximum absolute atomic E-state index is 12.7. The SMILES string of the molecule is Cc1nc2cc(NC(=O)c3sccc3-c3ccccc3)ccc2o1. The van der Waals surface area contributed by atoms with E-state index in [1.807, 2.05) is 60.0 Å². The van der Waals surface area contributed by atoms with Gasteiger partial charge in [0.15, 0.2) is 11.5 Å². The van der Waals surface area contributed by atoms with Gasteiger partial charge in [-0.25, -0.2) is 4.98 Å². The molecule has 4 nitrogen and oxygen atoms in total. The third-order valence-corrected chi connectivity index (χ3v) is 4.62. The molecule has 0 aliphatic carbocycles. The Morgan fingerprint density at radius 1 is 1.12 bits per heavy atom. The summed E-state index contributed by atoms with van der Waals surface area (Å²) in [4.78, 5) is 17.7. The molecular formula is C19H14N2O2S. The van der Waals surface area contributed by atoms with Crippen molar-refractivity contribution in [3.8, 4) is 11.1 Å². The van der Waals surface area contributed by atoms with Crippen LogP contribution in [-0.2, 0) is 0 Å². The molecule has 118 valence electrons. The maximum atomic E-state index is 12.7. The topological polar surface area (TPSA) is 55.1 Å². The van der Waals surface area contributed by atoms with E-state index in [0.717, 1.165) is 16.6 Å². The number of nitrogens with one attached hydrogen (secondary N) is 1. The van der Waals surface area contributed by atoms with Gasteiger partial charge < -0.3 is 9.73 Å². The molecule has 0 bridgehead atoms. The van der Waals surface area contributed by atoms with Gasteiger partial charge in [0, 0.05) is 18.2 Å². The average molecular weight is 334 g/mol. The monoisotopic (exact) mass is 334 g/mol. The first-order chi connectivity index (χ1) is 11.7. The second kappa shape index (κ2) is 5.94. The molecule has 0 radical (unpaired) electrons. The molecule has 1 N–H and O–H groups in total. The van der Waals surface area contributed by atoms with E-state index in [0.29, 0.717) is 22.0 Å². The van der Waals surface area contributed by atoms with Crippen LogP contribution in [-0.4, -0.2) is 10.9 Å². The van der Waals surface area contributed by atoms with E-state index < -0.39 is 0 Å². The second-order valence-corrected chi connectivity index (χ2v) is 6.32. The van der Waals surface area contributed by atoms with E-state index in [9.17, 15) is 4.79 Å². The first-order valence-electron chi connectivity index (χ1n) is 7.52. The number of carbonyl (C=O) groups excluding carboxylic acids is 1. The Kier molecular flexibility index (Phi) is 3.63. The van der Waals surface area contributed by atoms with Crippen LogP contribution in [0.25, 0.3) is 22.2 Å². The molecule has 2 aromatic heterocycles. The van der Waals surface area contributed by atoms with Crippen molar-refractivity contribution in [3.63, 3.8) is 0 Å². The lowest BCUT2D eigenvalue weighted by molar-refractivity contribution is 0.103. The zero-order valence-corrected chi connectivity index (χ0v) is 13.8. The van der Waals surface area contributed by atoms with Gasteiger partial charge in [-0.2, -0.15) is 0 Å². The number of carbonyl (C=O) groups is 1. The Bertz CT molecular complexity index is 1020. The summed E-state index contributed by atoms with van der Waals surface area (Å²) in [5.74, 6) is 0.488. The fourth-order valence-electron chi connectivity index (χ4n) is 2.64. The quantitative estimate of drug-likeness (QED) is 0.566. The van der Waals surface area contributed by atoms with Crippen LogP contribution in [0.15, 0.2) is 64.4 Å². The molecule has 24 heavy (non-hydrogen) atoms. The van der Waals surface area contributed by atoms with Crippen molar-refractivity contribution in [3.05, 3.63) is 70.7 Å². The van der Waals surface area contributed by atoms with E-state index in [2.05, 4.69) is 10.3 Å². The summed E-state index contributed by atoms with van der Waals surface area (Å²) in [7, 11) is 0. The molecule has 0 saturated carbocycles. The molecule has 0 aliphatic heterocycles. The van der Waals surface area contributed by atoms with Crippen molar-refractivity contribution in [2.45, 2.75) is 6.92 Å². The summed E-state index contributed by atoms with van der Waals surface area (Å²) in [5, 5.41) is 4.88. The third kappa shape index (κ3) is 2.70. The molecular weight excluding hydrogens is 320 g/mol. The van der Waals surface area contributed by atoms with Gasteiger partial charge >= 0.3 is 0 Å². The molecule has 1 amide bonds. The standard InChI is InChI=1S/C19H14N2O2S/c1-12-20-16-11-14(7-8-17(16)23-12)21-19(22)18-15(9-10-24-18)13-5-3-2-4-6-13/h2-11H,1H3,(H,21,22). The van der Waals surface area contributed by atoms with Gasteiger partial charge in [-0.3, -0.25) is 4.79 Å². The summed E-state index contributed by atoms with van der Waals surface area (Å²) in [6, 6.07) is 17.3. The zero-order chi connectivity index (χ0) is 16.5. The van der Waals surface area contributed by atoms with Crippen LogP contribution in [0.5, 0.6) is 0 Å². The number of rotatable bonds is 3. The summed E-state index contributed by atoms with van der Waals surface area (Å²) in [6.45, 7) is 1.80. The fourth-order valence-corrected chi connectivity index (χ4v) is 3.45. The van der Waals surface area contributed by atoms with Gasteiger partial charge in [-0.15, -0.1) is 11.3 Å². The fraction of sp³-hybridized carbons (Fsp3) is 0.0526. The second-order valence-electron chi connectivity index (χ2n) is 5.40. The molecule has 4 rings (SSSR count). The molecule has 0 unspecified atom stereocenters. The lowest BCUT2D eigenvalue weighted by Crippen LogP contribution is -2.11. The van der Waals surface area contributed by atoms with Gasteiger partial charge in [0.2, 0.25) is 0 Å². The van der Waals surface area contributed by atoms with E-state index in [4.69, 9.17) is 4.42 Å². The smallest absolute Gasteiger partial charge is 0.266 e. The van der Waals surface area contributed by atoms with E-state index in [1.165, 1.54) is 11.3 Å². The van der Waals surface area contributed by atoms with Crippen LogP contribution in [0.2, 0.25) is 0 Å². The molecule has 2 heterocycles. The van der Waals surface area contributed by atoms with Gasteiger partial charge in [-0.05, 0) is 35.2 Å². The van der Waals surface area contributed by atoms with Gasteiger partial charge in [0.05, 0.1) is 4.88 Å². The van der Waals surface area contributed by atoms with Gasteiger partial charge in [0.1, 0.15) is 5.52 Å². The first kappa shape index (κ1) is 14.7. The van der Waals surface area contributed by atoms with Crippen LogP contribution < -0.4 is 5.32 Å². The number of aromatic nitrogens is 1. The average Bonchev–Trinajstić information content (AvgIpc) is 3.21. The van der Waals surface area contributed by atoms with Crippen LogP contribution in [0.1, 0.15) is 15.6 Å². The lowest BCUT2D eigenvalue weighted by atomic mass is 10.1.